The van der Waals surface area contributed by atoms with E-state index in [0.717, 1.165) is 36.4 Å². The summed E-state index contributed by atoms with van der Waals surface area (Å²) in [5.41, 5.74) is 5.85. The van der Waals surface area contributed by atoms with E-state index in [0.29, 0.717) is 22.4 Å². The van der Waals surface area contributed by atoms with Gasteiger partial charge in [0.15, 0.2) is 0 Å². The van der Waals surface area contributed by atoms with Gasteiger partial charge in [0.05, 0.1) is 17.2 Å². The highest BCUT2D eigenvalue weighted by atomic mass is 35.5. The smallest absolute Gasteiger partial charge is 0.119 e. The number of benzene rings is 2. The van der Waals surface area contributed by atoms with Crippen molar-refractivity contribution in [3.8, 4) is 5.75 Å². The second-order valence-electron chi connectivity index (χ2n) is 8.63. The Balaban J connectivity index is 0.00000216. The molecule has 1 aliphatic rings. The van der Waals surface area contributed by atoms with Crippen LogP contribution in [-0.4, -0.2) is 24.4 Å². The Kier molecular flexibility index (Phi) is 12.4. The lowest BCUT2D eigenvalue weighted by molar-refractivity contribution is 0.413. The van der Waals surface area contributed by atoms with Crippen molar-refractivity contribution in [1.82, 2.24) is 4.98 Å². The molecule has 0 spiro atoms. The summed E-state index contributed by atoms with van der Waals surface area (Å²) >= 11 is 12.8. The minimum Gasteiger partial charge on any atom is -0.497 e. The minimum absolute atomic E-state index is 0. The molecule has 0 saturated carbocycles. The fraction of sp³-hybridized carbons (Fsp3) is 0.357. The molecule has 35 heavy (non-hydrogen) atoms. The van der Waals surface area contributed by atoms with E-state index in [-0.39, 0.29) is 24.8 Å². The van der Waals surface area contributed by atoms with Gasteiger partial charge in [-0.05, 0) is 59.7 Å². The van der Waals surface area contributed by atoms with Crippen molar-refractivity contribution in [2.75, 3.05) is 13.7 Å². The molecular weight excluding hydrogens is 522 g/mol. The van der Waals surface area contributed by atoms with Gasteiger partial charge in [0.2, 0.25) is 0 Å². The van der Waals surface area contributed by atoms with Crippen LogP contribution in [0.1, 0.15) is 60.3 Å². The maximum atomic E-state index is 6.38. The largest absolute Gasteiger partial charge is 0.497 e. The van der Waals surface area contributed by atoms with Crippen molar-refractivity contribution in [1.29, 1.82) is 0 Å². The maximum Gasteiger partial charge on any atom is 0.119 e. The normalized spacial score (nSPS) is 14.3. The second-order valence-corrected chi connectivity index (χ2v) is 9.45. The highest BCUT2D eigenvalue weighted by Gasteiger charge is 2.24. The molecule has 0 amide bonds. The van der Waals surface area contributed by atoms with Crippen LogP contribution in [0.4, 0.5) is 0 Å². The predicted molar refractivity (Wildman–Crippen MR) is 153 cm³/mol. The zero-order valence-corrected chi connectivity index (χ0v) is 23.0. The summed E-state index contributed by atoms with van der Waals surface area (Å²) in [5.74, 6) is 1.30. The van der Waals surface area contributed by atoms with Crippen molar-refractivity contribution < 1.29 is 4.74 Å². The number of aromatic nitrogens is 1. The van der Waals surface area contributed by atoms with Crippen LogP contribution in [0.2, 0.25) is 10.0 Å². The van der Waals surface area contributed by atoms with Gasteiger partial charge in [0, 0.05) is 37.0 Å². The number of halogens is 4. The molecule has 1 aromatic heterocycles. The van der Waals surface area contributed by atoms with Crippen LogP contribution in [0.25, 0.3) is 0 Å². The van der Waals surface area contributed by atoms with Crippen molar-refractivity contribution in [3.63, 3.8) is 0 Å². The molecule has 1 unspecified atom stereocenters. The maximum absolute atomic E-state index is 6.38. The van der Waals surface area contributed by atoms with Crippen LogP contribution < -0.4 is 4.74 Å². The van der Waals surface area contributed by atoms with Crippen LogP contribution >= 0.6 is 48.0 Å². The molecule has 188 valence electrons. The second kappa shape index (κ2) is 14.7. The topological polar surface area (TPSA) is 34.5 Å². The van der Waals surface area contributed by atoms with E-state index in [2.05, 4.69) is 47.4 Å². The third kappa shape index (κ3) is 7.85. The first-order valence-corrected chi connectivity index (χ1v) is 12.4. The zero-order chi connectivity index (χ0) is 23.0. The molecule has 2 aromatic carbocycles. The number of aliphatic imine (C=N–C) groups is 1. The van der Waals surface area contributed by atoms with E-state index >= 15 is 0 Å². The Labute approximate surface area is 231 Å². The van der Waals surface area contributed by atoms with E-state index in [1.54, 1.807) is 19.5 Å². The predicted octanol–water partition coefficient (Wildman–Crippen LogP) is 8.56. The highest BCUT2D eigenvalue weighted by Crippen LogP contribution is 2.35. The Morgan fingerprint density at radius 2 is 1.63 bits per heavy atom. The fourth-order valence-corrected chi connectivity index (χ4v) is 5.06. The summed E-state index contributed by atoms with van der Waals surface area (Å²) in [4.78, 5) is 9.05. The van der Waals surface area contributed by atoms with Crippen LogP contribution in [0.3, 0.4) is 0 Å². The summed E-state index contributed by atoms with van der Waals surface area (Å²) in [6, 6.07) is 17.1. The highest BCUT2D eigenvalue weighted by molar-refractivity contribution is 6.36. The van der Waals surface area contributed by atoms with Gasteiger partial charge < -0.3 is 4.74 Å². The molecule has 1 atom stereocenters. The SMILES string of the molecule is COc1ccc2c(c1)C(CCCCCCc1ccccc1)CN=C2Cc1c(Cl)cncc1Cl.Cl.Cl. The molecule has 1 aliphatic heterocycles. The van der Waals surface area contributed by atoms with E-state index in [9.17, 15) is 0 Å². The van der Waals surface area contributed by atoms with Crippen LogP contribution in [0.5, 0.6) is 5.75 Å². The van der Waals surface area contributed by atoms with E-state index in [1.807, 2.05) is 6.07 Å². The molecule has 0 bridgehead atoms. The van der Waals surface area contributed by atoms with Gasteiger partial charge >= 0.3 is 0 Å². The minimum atomic E-state index is 0. The lowest BCUT2D eigenvalue weighted by Crippen LogP contribution is -2.20. The average Bonchev–Trinajstić information content (AvgIpc) is 2.84. The molecule has 0 N–H and O–H groups in total. The summed E-state index contributed by atoms with van der Waals surface area (Å²) < 4.78 is 5.53. The van der Waals surface area contributed by atoms with Crippen LogP contribution in [0.15, 0.2) is 65.9 Å². The molecular formula is C28H32Cl4N2O. The number of aryl methyl sites for hydroxylation is 1. The number of ether oxygens (including phenoxy) is 1. The third-order valence-corrected chi connectivity index (χ3v) is 7.07. The number of rotatable bonds is 10. The summed E-state index contributed by atoms with van der Waals surface area (Å²) in [7, 11) is 1.72. The van der Waals surface area contributed by atoms with Crippen molar-refractivity contribution in [2.45, 2.75) is 50.9 Å². The number of nitrogens with zero attached hydrogens (tertiary/aromatic N) is 2. The first-order chi connectivity index (χ1) is 16.2. The van der Waals surface area contributed by atoms with Gasteiger partial charge in [-0.1, -0.05) is 72.8 Å². The molecule has 2 heterocycles. The number of fused-ring (bicyclic) bond motifs is 1. The molecule has 0 radical (unpaired) electrons. The van der Waals surface area contributed by atoms with Gasteiger partial charge in [-0.15, -0.1) is 24.8 Å². The van der Waals surface area contributed by atoms with Gasteiger partial charge in [0.25, 0.3) is 0 Å². The zero-order valence-electron chi connectivity index (χ0n) is 19.9. The number of unbranched alkanes of at least 4 members (excludes halogenated alkanes) is 3. The number of pyridine rings is 1. The van der Waals surface area contributed by atoms with Gasteiger partial charge in [-0.2, -0.15) is 0 Å². The average molecular weight is 554 g/mol. The van der Waals surface area contributed by atoms with Gasteiger partial charge in [0.1, 0.15) is 5.75 Å². The lowest BCUT2D eigenvalue weighted by Gasteiger charge is -2.26. The molecule has 0 aliphatic carbocycles. The molecule has 4 rings (SSSR count). The van der Waals surface area contributed by atoms with Gasteiger partial charge in [-0.3, -0.25) is 9.98 Å². The molecule has 0 saturated heterocycles. The number of methoxy groups -OCH3 is 1. The Hall–Kier alpha value is -1.78. The molecule has 7 heteroatoms. The molecule has 3 nitrogen and oxygen atoms in total. The quantitative estimate of drug-likeness (QED) is 0.236. The van der Waals surface area contributed by atoms with Gasteiger partial charge in [-0.25, -0.2) is 0 Å². The van der Waals surface area contributed by atoms with Crippen molar-refractivity contribution in [2.24, 2.45) is 4.99 Å². The first-order valence-electron chi connectivity index (χ1n) is 11.7. The molecule has 0 fully saturated rings. The van der Waals surface area contributed by atoms with Crippen LogP contribution in [0, 0.1) is 0 Å². The summed E-state index contributed by atoms with van der Waals surface area (Å²) in [5, 5.41) is 1.16. The standard InChI is InChI=1S/C28H30Cl2N2O.2ClH/c1-33-22-13-14-23-24(15-22)21(12-8-3-2-5-9-20-10-6-4-7-11-20)17-32-28(23)16-25-26(29)18-31-19-27(25)30;;/h4,6-7,10-11,13-15,18-19,21H,2-3,5,8-9,12,16-17H2,1H3;2*1H. The molecule has 3 aromatic rings. The Morgan fingerprint density at radius 1 is 0.914 bits per heavy atom. The summed E-state index contributed by atoms with van der Waals surface area (Å²) in [6.45, 7) is 0.792. The number of hydrogen-bond donors (Lipinski definition) is 0. The van der Waals surface area contributed by atoms with Crippen molar-refractivity contribution in [3.05, 3.63) is 93.2 Å². The van der Waals surface area contributed by atoms with E-state index < -0.39 is 0 Å². The number of hydrogen-bond acceptors (Lipinski definition) is 3. The Morgan fingerprint density at radius 3 is 2.34 bits per heavy atom. The monoisotopic (exact) mass is 552 g/mol. The van der Waals surface area contributed by atoms with Crippen LogP contribution in [-0.2, 0) is 12.8 Å². The Bertz CT molecular complexity index is 1090. The van der Waals surface area contributed by atoms with Crippen molar-refractivity contribution >= 4 is 53.7 Å². The summed E-state index contributed by atoms with van der Waals surface area (Å²) in [6.07, 6.45) is 11.2. The lowest BCUT2D eigenvalue weighted by atomic mass is 9.84. The van der Waals surface area contributed by atoms with E-state index in [1.165, 1.54) is 42.4 Å². The third-order valence-electron chi connectivity index (χ3n) is 6.42. The first kappa shape index (κ1) is 29.5. The fourth-order valence-electron chi connectivity index (χ4n) is 4.56. The van der Waals surface area contributed by atoms with E-state index in [4.69, 9.17) is 32.9 Å².